The van der Waals surface area contributed by atoms with Crippen molar-refractivity contribution in [3.63, 3.8) is 0 Å². The second kappa shape index (κ2) is 7.19. The Morgan fingerprint density at radius 1 is 1.19 bits per heavy atom. The third kappa shape index (κ3) is 3.51. The van der Waals surface area contributed by atoms with Crippen molar-refractivity contribution in [3.05, 3.63) is 63.4 Å². The Hall–Kier alpha value is -2.21. The van der Waals surface area contributed by atoms with E-state index in [9.17, 15) is 9.59 Å². The molecule has 6 heteroatoms. The minimum Gasteiger partial charge on any atom is -0.343 e. The molecule has 1 fully saturated rings. The number of carbonyl (C=O) groups excluding carboxylic acids is 2. The molecule has 1 aromatic heterocycles. The maximum atomic E-state index is 12.9. The first-order valence-electron chi connectivity index (χ1n) is 8.60. The highest BCUT2D eigenvalue weighted by Gasteiger charge is 2.40. The van der Waals surface area contributed by atoms with Crippen LogP contribution < -0.4 is 5.32 Å². The predicted octanol–water partition coefficient (Wildman–Crippen LogP) is 3.66. The van der Waals surface area contributed by atoms with E-state index in [1.807, 2.05) is 18.2 Å². The number of carbonyl (C=O) groups is 2. The largest absolute Gasteiger partial charge is 0.343 e. The van der Waals surface area contributed by atoms with E-state index in [4.69, 9.17) is 0 Å². The van der Waals surface area contributed by atoms with Gasteiger partial charge in [0.2, 0.25) is 0 Å². The van der Waals surface area contributed by atoms with E-state index in [2.05, 4.69) is 32.3 Å². The molecule has 0 saturated heterocycles. The lowest BCUT2D eigenvalue weighted by atomic mass is 9.71. The molecule has 136 valence electrons. The van der Waals surface area contributed by atoms with Crippen molar-refractivity contribution in [2.75, 3.05) is 14.1 Å². The molecule has 0 atom stereocenters. The number of hydrogen-bond donors (Lipinski definition) is 1. The first-order chi connectivity index (χ1) is 12.3. The smallest absolute Gasteiger partial charge is 0.271 e. The summed E-state index contributed by atoms with van der Waals surface area (Å²) in [4.78, 5) is 30.7. The van der Waals surface area contributed by atoms with Gasteiger partial charge in [-0.15, -0.1) is 0 Å². The maximum absolute atomic E-state index is 12.9. The number of rotatable bonds is 4. The van der Waals surface area contributed by atoms with Gasteiger partial charge in [-0.25, -0.2) is 4.98 Å². The molecule has 1 saturated carbocycles. The van der Waals surface area contributed by atoms with Crippen LogP contribution in [0.2, 0.25) is 0 Å². The number of pyridine rings is 1. The van der Waals surface area contributed by atoms with Crippen LogP contribution >= 0.6 is 15.9 Å². The van der Waals surface area contributed by atoms with Crippen molar-refractivity contribution in [3.8, 4) is 0 Å². The first-order valence-corrected chi connectivity index (χ1v) is 9.39. The molecule has 0 radical (unpaired) electrons. The Morgan fingerprint density at radius 3 is 2.46 bits per heavy atom. The Morgan fingerprint density at radius 2 is 1.92 bits per heavy atom. The number of nitrogens with one attached hydrogen (secondary N) is 1. The molecule has 5 nitrogen and oxygen atoms in total. The predicted molar refractivity (Wildman–Crippen MR) is 104 cm³/mol. The van der Waals surface area contributed by atoms with E-state index in [0.29, 0.717) is 17.0 Å². The number of halogens is 1. The summed E-state index contributed by atoms with van der Waals surface area (Å²) in [6.45, 7) is 1.76. The van der Waals surface area contributed by atoms with Crippen LogP contribution in [0.1, 0.15) is 51.4 Å². The lowest BCUT2D eigenvalue weighted by molar-refractivity contribution is 0.0808. The first kappa shape index (κ1) is 18.6. The number of nitrogens with zero attached hydrogens (tertiary/aromatic N) is 2. The number of benzene rings is 1. The minimum atomic E-state index is -0.328. The fraction of sp³-hybridized carbons (Fsp3) is 0.350. The number of amides is 2. The van der Waals surface area contributed by atoms with Crippen LogP contribution in [0.5, 0.6) is 0 Å². The molecule has 0 unspecified atom stereocenters. The van der Waals surface area contributed by atoms with Crippen molar-refractivity contribution < 1.29 is 9.59 Å². The standard InChI is InChI=1S/C20H22BrN3O2/c1-13-16(8-9-17(22-13)19(26)24(2)3)18(25)23-20(10-5-11-20)14-6-4-7-15(21)12-14/h4,6-9,12H,5,10-11H2,1-3H3,(H,23,25). The normalized spacial score (nSPS) is 15.1. The van der Waals surface area contributed by atoms with Crippen LogP contribution in [0.3, 0.4) is 0 Å². The quantitative estimate of drug-likeness (QED) is 0.828. The van der Waals surface area contributed by atoms with Crippen molar-refractivity contribution in [1.82, 2.24) is 15.2 Å². The van der Waals surface area contributed by atoms with Gasteiger partial charge in [0, 0.05) is 18.6 Å². The van der Waals surface area contributed by atoms with Crippen molar-refractivity contribution >= 4 is 27.7 Å². The van der Waals surface area contributed by atoms with E-state index < -0.39 is 0 Å². The zero-order chi connectivity index (χ0) is 18.9. The van der Waals surface area contributed by atoms with Gasteiger partial charge < -0.3 is 10.2 Å². The summed E-state index contributed by atoms with van der Waals surface area (Å²) in [5, 5.41) is 3.21. The Kier molecular flexibility index (Phi) is 5.14. The van der Waals surface area contributed by atoms with Gasteiger partial charge >= 0.3 is 0 Å². The van der Waals surface area contributed by atoms with Crippen molar-refractivity contribution in [2.45, 2.75) is 31.7 Å². The average molecular weight is 416 g/mol. The molecule has 2 amide bonds. The minimum absolute atomic E-state index is 0.154. The van der Waals surface area contributed by atoms with Gasteiger partial charge in [-0.3, -0.25) is 9.59 Å². The third-order valence-corrected chi connectivity index (χ3v) is 5.39. The third-order valence-electron chi connectivity index (χ3n) is 4.89. The zero-order valence-corrected chi connectivity index (χ0v) is 16.8. The molecule has 1 aromatic carbocycles. The second-order valence-electron chi connectivity index (χ2n) is 6.93. The fourth-order valence-electron chi connectivity index (χ4n) is 3.24. The van der Waals surface area contributed by atoms with E-state index in [1.54, 1.807) is 33.2 Å². The fourth-order valence-corrected chi connectivity index (χ4v) is 3.64. The molecule has 1 aliphatic rings. The lowest BCUT2D eigenvalue weighted by Gasteiger charge is -2.43. The molecule has 0 bridgehead atoms. The molecule has 3 rings (SSSR count). The Labute approximate surface area is 161 Å². The van der Waals surface area contributed by atoms with Crippen LogP contribution in [0.25, 0.3) is 0 Å². The highest BCUT2D eigenvalue weighted by molar-refractivity contribution is 9.10. The molecule has 2 aromatic rings. The monoisotopic (exact) mass is 415 g/mol. The van der Waals surface area contributed by atoms with Gasteiger partial charge in [-0.2, -0.15) is 0 Å². The van der Waals surface area contributed by atoms with Crippen molar-refractivity contribution in [2.24, 2.45) is 0 Å². The van der Waals surface area contributed by atoms with Gasteiger partial charge in [-0.05, 0) is 56.0 Å². The number of aromatic nitrogens is 1. The summed E-state index contributed by atoms with van der Waals surface area (Å²) in [7, 11) is 3.36. The molecular formula is C20H22BrN3O2. The summed E-state index contributed by atoms with van der Waals surface area (Å²) >= 11 is 3.51. The van der Waals surface area contributed by atoms with Gasteiger partial charge in [0.05, 0.1) is 16.8 Å². The molecule has 0 spiro atoms. The van der Waals surface area contributed by atoms with Gasteiger partial charge in [-0.1, -0.05) is 28.1 Å². The molecule has 1 aliphatic carbocycles. The highest BCUT2D eigenvalue weighted by Crippen LogP contribution is 2.42. The van der Waals surface area contributed by atoms with E-state index >= 15 is 0 Å². The Bertz CT molecular complexity index is 860. The van der Waals surface area contributed by atoms with Crippen LogP contribution in [0.15, 0.2) is 40.9 Å². The molecule has 0 aliphatic heterocycles. The number of hydrogen-bond acceptors (Lipinski definition) is 3. The molecule has 1 heterocycles. The van der Waals surface area contributed by atoms with Crippen LogP contribution in [-0.2, 0) is 5.54 Å². The SMILES string of the molecule is Cc1nc(C(=O)N(C)C)ccc1C(=O)NC1(c2cccc(Br)c2)CCC1. The van der Waals surface area contributed by atoms with Crippen molar-refractivity contribution in [1.29, 1.82) is 0 Å². The number of aryl methyl sites for hydroxylation is 1. The molecule has 1 N–H and O–H groups in total. The lowest BCUT2D eigenvalue weighted by Crippen LogP contribution is -2.51. The average Bonchev–Trinajstić information content (AvgIpc) is 2.57. The van der Waals surface area contributed by atoms with Crippen LogP contribution in [-0.4, -0.2) is 35.8 Å². The Balaban J connectivity index is 1.84. The van der Waals surface area contributed by atoms with Crippen LogP contribution in [0.4, 0.5) is 0 Å². The van der Waals surface area contributed by atoms with Crippen LogP contribution in [0, 0.1) is 6.92 Å². The summed E-state index contributed by atoms with van der Waals surface area (Å²) in [6, 6.07) is 11.4. The summed E-state index contributed by atoms with van der Waals surface area (Å²) in [6.07, 6.45) is 2.91. The summed E-state index contributed by atoms with van der Waals surface area (Å²) in [5.74, 6) is -0.330. The summed E-state index contributed by atoms with van der Waals surface area (Å²) < 4.78 is 1.000. The highest BCUT2D eigenvalue weighted by atomic mass is 79.9. The molecule has 26 heavy (non-hydrogen) atoms. The van der Waals surface area contributed by atoms with Gasteiger partial charge in [0.25, 0.3) is 11.8 Å². The maximum Gasteiger partial charge on any atom is 0.271 e. The van der Waals surface area contributed by atoms with E-state index in [1.165, 1.54) is 4.90 Å². The zero-order valence-electron chi connectivity index (χ0n) is 15.2. The van der Waals surface area contributed by atoms with E-state index in [0.717, 1.165) is 29.3 Å². The molecular weight excluding hydrogens is 394 g/mol. The second-order valence-corrected chi connectivity index (χ2v) is 7.84. The van der Waals surface area contributed by atoms with Gasteiger partial charge in [0.15, 0.2) is 0 Å². The van der Waals surface area contributed by atoms with E-state index in [-0.39, 0.29) is 17.4 Å². The topological polar surface area (TPSA) is 62.3 Å². The summed E-state index contributed by atoms with van der Waals surface area (Å²) in [5.41, 5.74) is 2.18. The van der Waals surface area contributed by atoms with Gasteiger partial charge in [0.1, 0.15) is 5.69 Å².